The van der Waals surface area contributed by atoms with Gasteiger partial charge in [-0.05, 0) is 36.5 Å². The Hall–Kier alpha value is -2.18. The van der Waals surface area contributed by atoms with Crippen LogP contribution in [-0.2, 0) is 16.0 Å². The van der Waals surface area contributed by atoms with Gasteiger partial charge in [-0.2, -0.15) is 0 Å². The first-order valence-corrected chi connectivity index (χ1v) is 7.66. The van der Waals surface area contributed by atoms with E-state index in [0.29, 0.717) is 38.2 Å². The molecule has 5 nitrogen and oxygen atoms in total. The van der Waals surface area contributed by atoms with E-state index < -0.39 is 17.7 Å². The van der Waals surface area contributed by atoms with Crippen LogP contribution in [0.5, 0.6) is 0 Å². The monoisotopic (exact) mass is 324 g/mol. The van der Waals surface area contributed by atoms with Crippen LogP contribution in [0.2, 0.25) is 0 Å². The van der Waals surface area contributed by atoms with Crippen molar-refractivity contribution in [1.29, 1.82) is 0 Å². The number of ether oxygens (including phenoxy) is 1. The van der Waals surface area contributed by atoms with Gasteiger partial charge in [0, 0.05) is 19.2 Å². The highest BCUT2D eigenvalue weighted by atomic mass is 19.1. The molecule has 23 heavy (non-hydrogen) atoms. The molecular formula is C16H18F2N2O3. The molecule has 1 aromatic carbocycles. The van der Waals surface area contributed by atoms with E-state index in [-0.39, 0.29) is 18.4 Å². The Labute approximate surface area is 132 Å². The molecule has 0 N–H and O–H groups in total. The second-order valence-electron chi connectivity index (χ2n) is 6.01. The van der Waals surface area contributed by atoms with E-state index in [9.17, 15) is 18.4 Å². The van der Waals surface area contributed by atoms with E-state index in [2.05, 4.69) is 0 Å². The Morgan fingerprint density at radius 1 is 1.22 bits per heavy atom. The molecule has 2 amide bonds. The highest BCUT2D eigenvalue weighted by molar-refractivity contribution is 5.83. The fourth-order valence-electron chi connectivity index (χ4n) is 3.12. The molecule has 124 valence electrons. The number of rotatable bonds is 4. The van der Waals surface area contributed by atoms with Gasteiger partial charge in [0.05, 0.1) is 6.54 Å². The maximum atomic E-state index is 13.2. The van der Waals surface area contributed by atoms with E-state index in [1.165, 1.54) is 17.0 Å². The van der Waals surface area contributed by atoms with Gasteiger partial charge in [-0.3, -0.25) is 9.69 Å². The third-order valence-corrected chi connectivity index (χ3v) is 4.26. The Kier molecular flexibility index (Phi) is 4.45. The van der Waals surface area contributed by atoms with Crippen molar-refractivity contribution >= 4 is 12.0 Å². The van der Waals surface area contributed by atoms with Gasteiger partial charge in [0.15, 0.2) is 0 Å². The molecule has 0 saturated carbocycles. The van der Waals surface area contributed by atoms with Crippen molar-refractivity contribution in [3.63, 3.8) is 0 Å². The number of carbonyl (C=O) groups excluding carboxylic acids is 2. The molecule has 0 radical (unpaired) electrons. The van der Waals surface area contributed by atoms with Crippen molar-refractivity contribution in [1.82, 2.24) is 9.80 Å². The number of nitrogens with zero attached hydrogens (tertiary/aromatic N) is 2. The molecule has 0 aromatic heterocycles. The maximum Gasteiger partial charge on any atom is 0.410 e. The number of halogens is 2. The predicted octanol–water partition coefficient (Wildman–Crippen LogP) is 1.81. The predicted molar refractivity (Wildman–Crippen MR) is 77.7 cm³/mol. The summed E-state index contributed by atoms with van der Waals surface area (Å²) in [7, 11) is 0. The number of likely N-dealkylation sites (tertiary alicyclic amines) is 1. The van der Waals surface area contributed by atoms with E-state index in [1.807, 2.05) is 0 Å². The molecule has 7 heteroatoms. The number of carbonyl (C=O) groups is 2. The quantitative estimate of drug-likeness (QED) is 0.849. The van der Waals surface area contributed by atoms with Crippen LogP contribution in [0.3, 0.4) is 0 Å². The molecule has 3 rings (SSSR count). The Bertz CT molecular complexity index is 603. The topological polar surface area (TPSA) is 49.9 Å². The third-order valence-electron chi connectivity index (χ3n) is 4.26. The average Bonchev–Trinajstić information content (AvgIpc) is 3.08. The molecule has 1 aromatic rings. The normalized spacial score (nSPS) is 21.0. The van der Waals surface area contributed by atoms with Crippen LogP contribution < -0.4 is 0 Å². The summed E-state index contributed by atoms with van der Waals surface area (Å²) in [6.45, 7) is 1.93. The minimum absolute atomic E-state index is 0.0279. The minimum atomic E-state index is -0.585. The Morgan fingerprint density at radius 2 is 1.96 bits per heavy atom. The lowest BCUT2D eigenvalue weighted by molar-refractivity contribution is -0.130. The van der Waals surface area contributed by atoms with Gasteiger partial charge in [-0.25, -0.2) is 13.6 Å². The summed E-state index contributed by atoms with van der Waals surface area (Å²) in [6, 6.07) is 3.50. The molecule has 2 fully saturated rings. The fraction of sp³-hybridized carbons (Fsp3) is 0.500. The van der Waals surface area contributed by atoms with Gasteiger partial charge in [0.25, 0.3) is 0 Å². The van der Waals surface area contributed by atoms with E-state index in [4.69, 9.17) is 4.74 Å². The van der Waals surface area contributed by atoms with Crippen molar-refractivity contribution in [3.05, 3.63) is 35.4 Å². The Balaban J connectivity index is 1.53. The van der Waals surface area contributed by atoms with Crippen LogP contribution in [0.4, 0.5) is 13.6 Å². The van der Waals surface area contributed by atoms with Gasteiger partial charge >= 0.3 is 6.09 Å². The number of benzene rings is 1. The van der Waals surface area contributed by atoms with Crippen LogP contribution in [0.1, 0.15) is 12.0 Å². The first kappa shape index (κ1) is 15.7. The van der Waals surface area contributed by atoms with Crippen molar-refractivity contribution in [2.24, 2.45) is 5.92 Å². The van der Waals surface area contributed by atoms with E-state index in [0.717, 1.165) is 12.5 Å². The Morgan fingerprint density at radius 3 is 2.61 bits per heavy atom. The lowest BCUT2D eigenvalue weighted by atomic mass is 9.98. The third kappa shape index (κ3) is 3.78. The van der Waals surface area contributed by atoms with Gasteiger partial charge in [-0.1, -0.05) is 0 Å². The summed E-state index contributed by atoms with van der Waals surface area (Å²) in [4.78, 5) is 26.7. The molecule has 1 unspecified atom stereocenters. The van der Waals surface area contributed by atoms with E-state index in [1.54, 1.807) is 4.90 Å². The van der Waals surface area contributed by atoms with Crippen molar-refractivity contribution in [3.8, 4) is 0 Å². The molecule has 2 aliphatic heterocycles. The number of hydrogen-bond donors (Lipinski definition) is 0. The smallest absolute Gasteiger partial charge is 0.410 e. The summed E-state index contributed by atoms with van der Waals surface area (Å²) >= 11 is 0. The van der Waals surface area contributed by atoms with Crippen LogP contribution in [0.25, 0.3) is 0 Å². The zero-order chi connectivity index (χ0) is 16.4. The van der Waals surface area contributed by atoms with E-state index >= 15 is 0 Å². The summed E-state index contributed by atoms with van der Waals surface area (Å²) in [5, 5.41) is 0. The summed E-state index contributed by atoms with van der Waals surface area (Å²) < 4.78 is 31.2. The molecule has 1 atom stereocenters. The molecule has 2 aliphatic rings. The van der Waals surface area contributed by atoms with Crippen LogP contribution >= 0.6 is 0 Å². The maximum absolute atomic E-state index is 13.2. The minimum Gasteiger partial charge on any atom is -0.448 e. The summed E-state index contributed by atoms with van der Waals surface area (Å²) in [5.74, 6) is -1.11. The second kappa shape index (κ2) is 6.52. The number of amides is 2. The number of hydrogen-bond acceptors (Lipinski definition) is 3. The van der Waals surface area contributed by atoms with Crippen LogP contribution in [0, 0.1) is 17.6 Å². The summed E-state index contributed by atoms with van der Waals surface area (Å²) in [5.41, 5.74) is 0.602. The summed E-state index contributed by atoms with van der Waals surface area (Å²) in [6.07, 6.45) is 0.864. The van der Waals surface area contributed by atoms with Crippen molar-refractivity contribution in [2.45, 2.75) is 12.8 Å². The highest BCUT2D eigenvalue weighted by Crippen LogP contribution is 2.22. The number of cyclic esters (lactones) is 1. The zero-order valence-corrected chi connectivity index (χ0v) is 12.6. The van der Waals surface area contributed by atoms with Gasteiger partial charge in [-0.15, -0.1) is 0 Å². The van der Waals surface area contributed by atoms with Gasteiger partial charge in [0.1, 0.15) is 24.8 Å². The van der Waals surface area contributed by atoms with Gasteiger partial charge < -0.3 is 9.64 Å². The molecule has 2 saturated heterocycles. The first-order valence-electron chi connectivity index (χ1n) is 7.66. The molecule has 0 aliphatic carbocycles. The van der Waals surface area contributed by atoms with Crippen molar-refractivity contribution < 1.29 is 23.1 Å². The van der Waals surface area contributed by atoms with Crippen molar-refractivity contribution in [2.75, 3.05) is 32.8 Å². The highest BCUT2D eigenvalue weighted by Gasteiger charge is 2.30. The lowest BCUT2D eigenvalue weighted by Gasteiger charge is -2.20. The molecule has 0 spiro atoms. The first-order chi connectivity index (χ1) is 11.0. The fourth-order valence-corrected chi connectivity index (χ4v) is 3.12. The molecule has 2 heterocycles. The molecule has 0 bridgehead atoms. The lowest BCUT2D eigenvalue weighted by Crippen LogP contribution is -2.39. The molecular weight excluding hydrogens is 306 g/mol. The largest absolute Gasteiger partial charge is 0.448 e. The zero-order valence-electron chi connectivity index (χ0n) is 12.6. The van der Waals surface area contributed by atoms with Crippen LogP contribution in [-0.4, -0.2) is 54.6 Å². The standard InChI is InChI=1S/C16H18F2N2O3/c17-13-6-12(7-14(18)8-13)5-11-1-2-19(9-11)15(21)10-20-3-4-23-16(20)22/h6-8,11H,1-5,9-10H2. The average molecular weight is 324 g/mol. The second-order valence-corrected chi connectivity index (χ2v) is 6.01. The SMILES string of the molecule is O=C(CN1CCOC1=O)N1CCC(Cc2cc(F)cc(F)c2)C1. The van der Waals surface area contributed by atoms with Crippen LogP contribution in [0.15, 0.2) is 18.2 Å². The van der Waals surface area contributed by atoms with Gasteiger partial charge in [0.2, 0.25) is 5.91 Å².